The van der Waals surface area contributed by atoms with Gasteiger partial charge in [0.05, 0.1) is 24.4 Å². The summed E-state index contributed by atoms with van der Waals surface area (Å²) in [4.78, 5) is 15.5. The molecular formula is C16H15N3O. The van der Waals surface area contributed by atoms with Gasteiger partial charge in [-0.05, 0) is 24.4 Å². The monoisotopic (exact) mass is 265 g/mol. The van der Waals surface area contributed by atoms with E-state index in [1.807, 2.05) is 41.3 Å². The van der Waals surface area contributed by atoms with E-state index in [0.29, 0.717) is 13.0 Å². The Morgan fingerprint density at radius 2 is 2.05 bits per heavy atom. The molecule has 100 valence electrons. The Morgan fingerprint density at radius 3 is 2.90 bits per heavy atom. The zero-order valence-corrected chi connectivity index (χ0v) is 11.3. The van der Waals surface area contributed by atoms with E-state index < -0.39 is 0 Å². The number of fused-ring (bicyclic) bond motifs is 1. The van der Waals surface area contributed by atoms with Crippen molar-refractivity contribution in [3.05, 3.63) is 60.2 Å². The molecule has 3 rings (SSSR count). The molecule has 0 unspecified atom stereocenters. The molecule has 4 nitrogen and oxygen atoms in total. The predicted octanol–water partition coefficient (Wildman–Crippen LogP) is 2.61. The van der Waals surface area contributed by atoms with Crippen molar-refractivity contribution in [2.45, 2.75) is 19.9 Å². The van der Waals surface area contributed by atoms with Crippen LogP contribution in [-0.4, -0.2) is 20.5 Å². The first-order valence-electron chi connectivity index (χ1n) is 6.57. The topological polar surface area (TPSA) is 47.8 Å². The highest BCUT2D eigenvalue weighted by molar-refractivity contribution is 5.84. The second-order valence-electron chi connectivity index (χ2n) is 4.86. The molecule has 2 heterocycles. The molecule has 0 amide bonds. The van der Waals surface area contributed by atoms with E-state index in [1.54, 1.807) is 6.92 Å². The number of aromatic nitrogens is 3. The van der Waals surface area contributed by atoms with Gasteiger partial charge in [-0.25, -0.2) is 0 Å². The van der Waals surface area contributed by atoms with Crippen LogP contribution in [0.3, 0.4) is 0 Å². The number of hydrogen-bond acceptors (Lipinski definition) is 3. The van der Waals surface area contributed by atoms with E-state index in [4.69, 9.17) is 0 Å². The summed E-state index contributed by atoms with van der Waals surface area (Å²) in [5, 5.41) is 6.72. The number of Topliss-reactive ketones (excluding diaryl/α,β-unsaturated/α-hetero) is 1. The number of carbonyl (C=O) groups is 1. The Labute approximate surface area is 117 Å². The number of pyridine rings is 1. The lowest BCUT2D eigenvalue weighted by Crippen LogP contribution is -2.05. The summed E-state index contributed by atoms with van der Waals surface area (Å²) < 4.78 is 1.83. The van der Waals surface area contributed by atoms with Crippen LogP contribution < -0.4 is 0 Å². The second-order valence-corrected chi connectivity index (χ2v) is 4.86. The van der Waals surface area contributed by atoms with Crippen molar-refractivity contribution in [2.75, 3.05) is 0 Å². The summed E-state index contributed by atoms with van der Waals surface area (Å²) in [6.07, 6.45) is 4.09. The van der Waals surface area contributed by atoms with Gasteiger partial charge in [-0.2, -0.15) is 5.10 Å². The Bertz CT molecular complexity index is 756. The van der Waals surface area contributed by atoms with Crippen molar-refractivity contribution in [2.24, 2.45) is 0 Å². The van der Waals surface area contributed by atoms with Crippen LogP contribution >= 0.6 is 0 Å². The zero-order chi connectivity index (χ0) is 13.9. The smallest absolute Gasteiger partial charge is 0.135 e. The highest BCUT2D eigenvalue weighted by Gasteiger charge is 2.06. The fourth-order valence-corrected chi connectivity index (χ4v) is 2.30. The SMILES string of the molecule is CC(=O)Cc1ccn(Cc2nccc3ccccc23)n1. The van der Waals surface area contributed by atoms with Gasteiger partial charge in [-0.3, -0.25) is 14.5 Å². The highest BCUT2D eigenvalue weighted by atomic mass is 16.1. The lowest BCUT2D eigenvalue weighted by atomic mass is 10.1. The Balaban J connectivity index is 1.89. The molecule has 0 aliphatic carbocycles. The second kappa shape index (κ2) is 5.25. The van der Waals surface area contributed by atoms with E-state index in [1.165, 1.54) is 5.39 Å². The molecule has 0 N–H and O–H groups in total. The Kier molecular flexibility index (Phi) is 3.29. The molecule has 0 saturated carbocycles. The van der Waals surface area contributed by atoms with Gasteiger partial charge in [-0.15, -0.1) is 0 Å². The first-order valence-corrected chi connectivity index (χ1v) is 6.57. The molecule has 0 spiro atoms. The molecule has 0 bridgehead atoms. The largest absolute Gasteiger partial charge is 0.300 e. The summed E-state index contributed by atoms with van der Waals surface area (Å²) in [5.74, 6) is 0.124. The van der Waals surface area contributed by atoms with Gasteiger partial charge in [-0.1, -0.05) is 24.3 Å². The Morgan fingerprint density at radius 1 is 1.20 bits per heavy atom. The molecule has 4 heteroatoms. The van der Waals surface area contributed by atoms with Gasteiger partial charge in [0.1, 0.15) is 5.78 Å². The van der Waals surface area contributed by atoms with Crippen molar-refractivity contribution in [1.82, 2.24) is 14.8 Å². The maximum atomic E-state index is 11.1. The van der Waals surface area contributed by atoms with Crippen molar-refractivity contribution in [3.8, 4) is 0 Å². The number of benzene rings is 1. The minimum Gasteiger partial charge on any atom is -0.300 e. The molecule has 1 aromatic carbocycles. The molecule has 0 atom stereocenters. The third kappa shape index (κ3) is 2.59. The van der Waals surface area contributed by atoms with Crippen LogP contribution in [-0.2, 0) is 17.8 Å². The first kappa shape index (κ1) is 12.5. The van der Waals surface area contributed by atoms with Gasteiger partial charge in [0.2, 0.25) is 0 Å². The van der Waals surface area contributed by atoms with Crippen LogP contribution in [0, 0.1) is 0 Å². The molecule has 0 fully saturated rings. The van der Waals surface area contributed by atoms with Gasteiger partial charge < -0.3 is 0 Å². The maximum absolute atomic E-state index is 11.1. The standard InChI is InChI=1S/C16H15N3O/c1-12(20)10-14-7-9-19(18-14)11-16-15-5-3-2-4-13(15)6-8-17-16/h2-9H,10-11H2,1H3. The molecular weight excluding hydrogens is 250 g/mol. The predicted molar refractivity (Wildman–Crippen MR) is 77.5 cm³/mol. The van der Waals surface area contributed by atoms with Gasteiger partial charge in [0.25, 0.3) is 0 Å². The van der Waals surface area contributed by atoms with Gasteiger partial charge in [0.15, 0.2) is 0 Å². The summed E-state index contributed by atoms with van der Waals surface area (Å²) in [5.41, 5.74) is 1.79. The third-order valence-corrected chi connectivity index (χ3v) is 3.19. The first-order chi connectivity index (χ1) is 9.72. The minimum absolute atomic E-state index is 0.124. The number of carbonyl (C=O) groups excluding carboxylic acids is 1. The summed E-state index contributed by atoms with van der Waals surface area (Å²) in [7, 11) is 0. The van der Waals surface area contributed by atoms with E-state index in [9.17, 15) is 4.79 Å². The number of ketones is 1. The van der Waals surface area contributed by atoms with Crippen molar-refractivity contribution in [1.29, 1.82) is 0 Å². The van der Waals surface area contributed by atoms with Crippen LogP contribution in [0.5, 0.6) is 0 Å². The third-order valence-electron chi connectivity index (χ3n) is 3.19. The number of hydrogen-bond donors (Lipinski definition) is 0. The fraction of sp³-hybridized carbons (Fsp3) is 0.188. The van der Waals surface area contributed by atoms with E-state index in [2.05, 4.69) is 22.2 Å². The molecule has 0 aliphatic rings. The van der Waals surface area contributed by atoms with E-state index >= 15 is 0 Å². The molecule has 0 radical (unpaired) electrons. The lowest BCUT2D eigenvalue weighted by Gasteiger charge is -2.05. The molecule has 2 aromatic heterocycles. The van der Waals surface area contributed by atoms with Crippen molar-refractivity contribution in [3.63, 3.8) is 0 Å². The van der Waals surface area contributed by atoms with E-state index in [-0.39, 0.29) is 5.78 Å². The molecule has 3 aromatic rings. The summed E-state index contributed by atoms with van der Waals surface area (Å²) >= 11 is 0. The van der Waals surface area contributed by atoms with Crippen molar-refractivity contribution >= 4 is 16.6 Å². The molecule has 0 saturated heterocycles. The fourth-order valence-electron chi connectivity index (χ4n) is 2.30. The van der Waals surface area contributed by atoms with Gasteiger partial charge in [0, 0.05) is 17.8 Å². The van der Waals surface area contributed by atoms with Crippen LogP contribution in [0.4, 0.5) is 0 Å². The quantitative estimate of drug-likeness (QED) is 0.728. The van der Waals surface area contributed by atoms with E-state index in [0.717, 1.165) is 16.8 Å². The van der Waals surface area contributed by atoms with Crippen LogP contribution in [0.2, 0.25) is 0 Å². The lowest BCUT2D eigenvalue weighted by molar-refractivity contribution is -0.116. The number of rotatable bonds is 4. The van der Waals surface area contributed by atoms with Crippen molar-refractivity contribution < 1.29 is 4.79 Å². The number of nitrogens with zero attached hydrogens (tertiary/aromatic N) is 3. The summed E-state index contributed by atoms with van der Waals surface area (Å²) in [6.45, 7) is 2.19. The molecule has 20 heavy (non-hydrogen) atoms. The molecule has 0 aliphatic heterocycles. The normalized spacial score (nSPS) is 10.8. The maximum Gasteiger partial charge on any atom is 0.135 e. The average Bonchev–Trinajstić information content (AvgIpc) is 2.86. The average molecular weight is 265 g/mol. The van der Waals surface area contributed by atoms with Crippen LogP contribution in [0.15, 0.2) is 48.8 Å². The minimum atomic E-state index is 0.124. The highest BCUT2D eigenvalue weighted by Crippen LogP contribution is 2.17. The van der Waals surface area contributed by atoms with Crippen LogP contribution in [0.25, 0.3) is 10.8 Å². The van der Waals surface area contributed by atoms with Gasteiger partial charge >= 0.3 is 0 Å². The van der Waals surface area contributed by atoms with Crippen LogP contribution in [0.1, 0.15) is 18.3 Å². The Hall–Kier alpha value is -2.49. The zero-order valence-electron chi connectivity index (χ0n) is 11.3. The summed E-state index contributed by atoms with van der Waals surface area (Å²) in [6, 6.07) is 12.1.